The van der Waals surface area contributed by atoms with Crippen molar-refractivity contribution in [2.24, 2.45) is 4.99 Å². The van der Waals surface area contributed by atoms with Crippen molar-refractivity contribution >= 4 is 23.1 Å². The first-order valence-corrected chi connectivity index (χ1v) is 3.81. The zero-order valence-electron chi connectivity index (χ0n) is 6.32. The molecule has 3 heteroatoms. The molecule has 0 amide bonds. The second-order valence-electron chi connectivity index (χ2n) is 2.20. The fourth-order valence-electron chi connectivity index (χ4n) is 0.832. The van der Waals surface area contributed by atoms with Gasteiger partial charge in [0.1, 0.15) is 0 Å². The first-order valence-electron chi connectivity index (χ1n) is 3.40. The van der Waals surface area contributed by atoms with Crippen molar-refractivity contribution < 1.29 is 0 Å². The van der Waals surface area contributed by atoms with E-state index in [2.05, 4.69) is 28.4 Å². The number of aliphatic imine (C=N–C) groups is 1. The second kappa shape index (κ2) is 4.40. The molecule has 0 radical (unpaired) electrons. The standard InChI is InChI=1S/C9H6N2S/c10-6-5-8-1-3-9(4-2-8)11-7-12/h1-4H,5H2. The number of hydrogen-bond donors (Lipinski definition) is 0. The SMILES string of the molecule is N#CCc1ccc(N=C=S)cc1. The van der Waals surface area contributed by atoms with Crippen LogP contribution in [-0.4, -0.2) is 5.16 Å². The minimum atomic E-state index is 0.432. The number of nitrogens with zero attached hydrogens (tertiary/aromatic N) is 2. The van der Waals surface area contributed by atoms with Gasteiger partial charge in [-0.25, -0.2) is 0 Å². The van der Waals surface area contributed by atoms with Gasteiger partial charge >= 0.3 is 0 Å². The number of hydrogen-bond acceptors (Lipinski definition) is 3. The van der Waals surface area contributed by atoms with Crippen LogP contribution in [0.4, 0.5) is 5.69 Å². The van der Waals surface area contributed by atoms with Crippen LogP contribution in [0.2, 0.25) is 0 Å². The quantitative estimate of drug-likeness (QED) is 0.510. The number of thiocarbonyl (C=S) groups is 1. The minimum Gasteiger partial charge on any atom is -0.198 e. The molecule has 0 fully saturated rings. The Morgan fingerprint density at radius 3 is 2.50 bits per heavy atom. The van der Waals surface area contributed by atoms with Crippen molar-refractivity contribution in [2.75, 3.05) is 0 Å². The van der Waals surface area contributed by atoms with Crippen LogP contribution in [0, 0.1) is 11.3 Å². The van der Waals surface area contributed by atoms with E-state index in [1.165, 1.54) is 0 Å². The Hall–Kier alpha value is -1.49. The summed E-state index contributed by atoms with van der Waals surface area (Å²) >= 11 is 4.45. The number of rotatable bonds is 2. The van der Waals surface area contributed by atoms with Gasteiger partial charge in [-0.15, -0.1) is 0 Å². The van der Waals surface area contributed by atoms with Crippen molar-refractivity contribution in [3.05, 3.63) is 29.8 Å². The Kier molecular flexibility index (Phi) is 3.16. The van der Waals surface area contributed by atoms with Crippen LogP contribution in [0.3, 0.4) is 0 Å². The van der Waals surface area contributed by atoms with Crippen LogP contribution in [0.1, 0.15) is 5.56 Å². The summed E-state index contributed by atoms with van der Waals surface area (Å²) in [6, 6.07) is 9.40. The van der Waals surface area contributed by atoms with Gasteiger partial charge in [0.15, 0.2) is 0 Å². The van der Waals surface area contributed by atoms with E-state index in [0.717, 1.165) is 11.3 Å². The maximum Gasteiger partial charge on any atom is 0.0739 e. The van der Waals surface area contributed by atoms with Crippen molar-refractivity contribution in [1.29, 1.82) is 5.26 Å². The lowest BCUT2D eigenvalue weighted by molar-refractivity contribution is 1.26. The fourth-order valence-corrected chi connectivity index (χ4v) is 0.938. The summed E-state index contributed by atoms with van der Waals surface area (Å²) in [5, 5.41) is 10.7. The van der Waals surface area contributed by atoms with Crippen molar-refractivity contribution in [1.82, 2.24) is 0 Å². The van der Waals surface area contributed by atoms with Crippen LogP contribution in [0.5, 0.6) is 0 Å². The molecule has 1 aromatic rings. The van der Waals surface area contributed by atoms with Crippen LogP contribution in [0.15, 0.2) is 29.3 Å². The third-order valence-electron chi connectivity index (χ3n) is 1.39. The highest BCUT2D eigenvalue weighted by molar-refractivity contribution is 7.78. The van der Waals surface area contributed by atoms with Gasteiger partial charge in [-0.1, -0.05) is 12.1 Å². The van der Waals surface area contributed by atoms with Crippen LogP contribution in [-0.2, 0) is 6.42 Å². The molecule has 0 unspecified atom stereocenters. The van der Waals surface area contributed by atoms with Crippen LogP contribution in [0.25, 0.3) is 0 Å². The topological polar surface area (TPSA) is 36.1 Å². The molecular weight excluding hydrogens is 168 g/mol. The fraction of sp³-hybridized carbons (Fsp3) is 0.111. The summed E-state index contributed by atoms with van der Waals surface area (Å²) in [6.07, 6.45) is 0.432. The average molecular weight is 174 g/mol. The van der Waals surface area contributed by atoms with Crippen LogP contribution >= 0.6 is 12.2 Å². The van der Waals surface area contributed by atoms with Gasteiger partial charge in [-0.3, -0.25) is 0 Å². The Morgan fingerprint density at radius 1 is 1.33 bits per heavy atom. The summed E-state index contributed by atoms with van der Waals surface area (Å²) < 4.78 is 0. The van der Waals surface area contributed by atoms with Gasteiger partial charge < -0.3 is 0 Å². The lowest BCUT2D eigenvalue weighted by Crippen LogP contribution is -1.78. The Labute approximate surface area is 76.2 Å². The van der Waals surface area contributed by atoms with E-state index in [1.807, 2.05) is 24.3 Å². The molecule has 0 aliphatic carbocycles. The van der Waals surface area contributed by atoms with Crippen molar-refractivity contribution in [3.8, 4) is 6.07 Å². The monoisotopic (exact) mass is 174 g/mol. The predicted octanol–water partition coefficient (Wildman–Crippen LogP) is 2.49. The molecule has 0 spiro atoms. The summed E-state index contributed by atoms with van der Waals surface area (Å²) in [6.45, 7) is 0. The highest BCUT2D eigenvalue weighted by atomic mass is 32.1. The maximum atomic E-state index is 8.39. The molecule has 0 N–H and O–H groups in total. The Balaban J connectivity index is 2.86. The molecule has 0 saturated heterocycles. The zero-order valence-corrected chi connectivity index (χ0v) is 7.14. The Bertz CT molecular complexity index is 342. The summed E-state index contributed by atoms with van der Waals surface area (Å²) in [5.74, 6) is 0. The summed E-state index contributed by atoms with van der Waals surface area (Å²) in [5.41, 5.74) is 1.76. The maximum absolute atomic E-state index is 8.39. The first kappa shape index (κ1) is 8.61. The lowest BCUT2D eigenvalue weighted by Gasteiger charge is -1.93. The minimum absolute atomic E-state index is 0.432. The smallest absolute Gasteiger partial charge is 0.0739 e. The van der Waals surface area contributed by atoms with Gasteiger partial charge in [0.05, 0.1) is 23.3 Å². The normalized spacial score (nSPS) is 8.25. The highest BCUT2D eigenvalue weighted by Gasteiger charge is 1.90. The zero-order chi connectivity index (χ0) is 8.81. The Morgan fingerprint density at radius 2 is 2.00 bits per heavy atom. The molecule has 0 bridgehead atoms. The molecule has 0 atom stereocenters. The van der Waals surface area contributed by atoms with E-state index < -0.39 is 0 Å². The van der Waals surface area contributed by atoms with E-state index in [4.69, 9.17) is 5.26 Å². The number of isothiocyanates is 1. The van der Waals surface area contributed by atoms with Gasteiger partial charge in [-0.2, -0.15) is 10.3 Å². The third-order valence-corrected chi connectivity index (χ3v) is 1.49. The first-order chi connectivity index (χ1) is 5.86. The molecule has 58 valence electrons. The molecule has 0 aromatic heterocycles. The average Bonchev–Trinajstić information content (AvgIpc) is 2.09. The van der Waals surface area contributed by atoms with Gasteiger partial charge in [0.25, 0.3) is 0 Å². The molecule has 12 heavy (non-hydrogen) atoms. The van der Waals surface area contributed by atoms with Gasteiger partial charge in [0.2, 0.25) is 0 Å². The number of benzene rings is 1. The third kappa shape index (κ3) is 2.28. The van der Waals surface area contributed by atoms with Crippen molar-refractivity contribution in [2.45, 2.75) is 6.42 Å². The predicted molar refractivity (Wildman–Crippen MR) is 50.4 cm³/mol. The van der Waals surface area contributed by atoms with E-state index in [1.54, 1.807) is 0 Å². The molecule has 0 heterocycles. The highest BCUT2D eigenvalue weighted by Crippen LogP contribution is 2.11. The molecule has 0 saturated carbocycles. The van der Waals surface area contributed by atoms with E-state index in [0.29, 0.717) is 6.42 Å². The molecule has 0 aliphatic heterocycles. The van der Waals surface area contributed by atoms with Crippen molar-refractivity contribution in [3.63, 3.8) is 0 Å². The molecule has 1 aromatic carbocycles. The van der Waals surface area contributed by atoms with Gasteiger partial charge in [0, 0.05) is 0 Å². The summed E-state index contributed by atoms with van der Waals surface area (Å²) in [7, 11) is 0. The molecule has 1 rings (SSSR count). The second-order valence-corrected chi connectivity index (χ2v) is 2.39. The lowest BCUT2D eigenvalue weighted by atomic mass is 10.1. The van der Waals surface area contributed by atoms with E-state index in [-0.39, 0.29) is 0 Å². The molecular formula is C9H6N2S. The van der Waals surface area contributed by atoms with E-state index >= 15 is 0 Å². The van der Waals surface area contributed by atoms with Crippen LogP contribution < -0.4 is 0 Å². The van der Waals surface area contributed by atoms with E-state index in [9.17, 15) is 0 Å². The van der Waals surface area contributed by atoms with Gasteiger partial charge in [-0.05, 0) is 29.9 Å². The number of nitriles is 1. The summed E-state index contributed by atoms with van der Waals surface area (Å²) in [4.78, 5) is 3.79. The molecule has 0 aliphatic rings. The largest absolute Gasteiger partial charge is 0.198 e. The molecule has 2 nitrogen and oxygen atoms in total.